The molecule has 14 heavy (non-hydrogen) atoms. The summed E-state index contributed by atoms with van der Waals surface area (Å²) in [4.78, 5) is 13.9. The molecule has 1 aromatic rings. The summed E-state index contributed by atoms with van der Waals surface area (Å²) >= 11 is 0. The van der Waals surface area contributed by atoms with E-state index in [2.05, 4.69) is 9.40 Å². The van der Waals surface area contributed by atoms with Crippen molar-refractivity contribution in [2.24, 2.45) is 0 Å². The van der Waals surface area contributed by atoms with Gasteiger partial charge in [0, 0.05) is 6.92 Å². The fraction of sp³-hybridized carbons (Fsp3) is 0.500. The predicted octanol–water partition coefficient (Wildman–Crippen LogP) is 1.97. The summed E-state index contributed by atoms with van der Waals surface area (Å²) in [5, 5.41) is 8.58. The molecule has 0 aromatic carbocycles. The number of aromatic nitrogens is 1. The fourth-order valence-corrected chi connectivity index (χ4v) is 0.813. The second-order valence-electron chi connectivity index (χ2n) is 3.03. The molecule has 0 bridgehead atoms. The highest BCUT2D eigenvalue weighted by Gasteiger charge is 2.32. The zero-order chi connectivity index (χ0) is 10.9. The van der Waals surface area contributed by atoms with Crippen LogP contribution < -0.4 is 0 Å². The Kier molecular flexibility index (Phi) is 2.55. The third kappa shape index (κ3) is 2.07. The third-order valence-electron chi connectivity index (χ3n) is 1.71. The minimum absolute atomic E-state index is 0.00553. The second kappa shape index (κ2) is 3.36. The van der Waals surface area contributed by atoms with Gasteiger partial charge in [0.25, 0.3) is 5.89 Å². The number of halogens is 2. The number of carbonyl (C=O) groups is 1. The van der Waals surface area contributed by atoms with Crippen molar-refractivity contribution in [2.45, 2.75) is 25.7 Å². The van der Waals surface area contributed by atoms with Crippen LogP contribution in [0.5, 0.6) is 0 Å². The Hall–Kier alpha value is -1.46. The van der Waals surface area contributed by atoms with E-state index in [1.807, 2.05) is 0 Å². The van der Waals surface area contributed by atoms with E-state index in [0.29, 0.717) is 6.92 Å². The number of aliphatic carboxylic acids is 1. The monoisotopic (exact) mass is 205 g/mol. The number of rotatable bonds is 3. The maximum absolute atomic E-state index is 12.6. The fourth-order valence-electron chi connectivity index (χ4n) is 0.813. The van der Waals surface area contributed by atoms with Crippen molar-refractivity contribution in [2.75, 3.05) is 0 Å². The summed E-state index contributed by atoms with van der Waals surface area (Å²) in [5.41, 5.74) is -0.00553. The number of carboxylic acids is 1. The molecule has 78 valence electrons. The van der Waals surface area contributed by atoms with Crippen LogP contribution in [-0.4, -0.2) is 16.1 Å². The van der Waals surface area contributed by atoms with Gasteiger partial charge in [-0.3, -0.25) is 4.79 Å². The van der Waals surface area contributed by atoms with E-state index in [-0.39, 0.29) is 5.69 Å². The van der Waals surface area contributed by atoms with Crippen molar-refractivity contribution >= 4 is 5.97 Å². The Balaban J connectivity index is 2.94. The zero-order valence-corrected chi connectivity index (χ0v) is 7.62. The van der Waals surface area contributed by atoms with Gasteiger partial charge in [0.05, 0.1) is 11.6 Å². The summed E-state index contributed by atoms with van der Waals surface area (Å²) in [6.45, 7) is 1.98. The molecular weight excluding hydrogens is 196 g/mol. The molecule has 1 rings (SSSR count). The lowest BCUT2D eigenvalue weighted by atomic mass is 10.1. The van der Waals surface area contributed by atoms with E-state index in [1.54, 1.807) is 0 Å². The summed E-state index contributed by atoms with van der Waals surface area (Å²) in [7, 11) is 0. The van der Waals surface area contributed by atoms with Gasteiger partial charge in [0.1, 0.15) is 6.26 Å². The van der Waals surface area contributed by atoms with E-state index < -0.39 is 23.7 Å². The topological polar surface area (TPSA) is 63.3 Å². The van der Waals surface area contributed by atoms with Gasteiger partial charge in [0.2, 0.25) is 0 Å². The molecule has 0 saturated heterocycles. The summed E-state index contributed by atoms with van der Waals surface area (Å²) < 4.78 is 29.7. The quantitative estimate of drug-likeness (QED) is 0.819. The van der Waals surface area contributed by atoms with Gasteiger partial charge in [0.15, 0.2) is 0 Å². The molecule has 6 heteroatoms. The van der Waals surface area contributed by atoms with Gasteiger partial charge in [-0.15, -0.1) is 0 Å². The smallest absolute Gasteiger partial charge is 0.319 e. The SMILES string of the molecule is CC(C(=O)O)c1coc(C(C)(F)F)n1. The predicted molar refractivity (Wildman–Crippen MR) is 42.1 cm³/mol. The van der Waals surface area contributed by atoms with E-state index in [1.165, 1.54) is 6.92 Å². The number of hydrogen-bond donors (Lipinski definition) is 1. The second-order valence-corrected chi connectivity index (χ2v) is 3.03. The lowest BCUT2D eigenvalue weighted by Gasteiger charge is -2.03. The van der Waals surface area contributed by atoms with Crippen molar-refractivity contribution in [3.63, 3.8) is 0 Å². The number of oxazole rings is 1. The number of alkyl halides is 2. The molecule has 0 aliphatic heterocycles. The van der Waals surface area contributed by atoms with E-state index in [9.17, 15) is 13.6 Å². The Labute approximate surface area is 78.6 Å². The van der Waals surface area contributed by atoms with Crippen LogP contribution in [0.3, 0.4) is 0 Å². The minimum Gasteiger partial charge on any atom is -0.481 e. The molecule has 0 saturated carbocycles. The summed E-state index contributed by atoms with van der Waals surface area (Å²) in [5.74, 6) is -6.03. The first-order valence-electron chi connectivity index (χ1n) is 3.89. The average Bonchev–Trinajstić information content (AvgIpc) is 2.49. The highest BCUT2D eigenvalue weighted by Crippen LogP contribution is 2.27. The molecular formula is C8H9F2NO3. The first kappa shape index (κ1) is 10.6. The first-order valence-corrected chi connectivity index (χ1v) is 3.89. The largest absolute Gasteiger partial charge is 0.481 e. The molecule has 1 unspecified atom stereocenters. The van der Waals surface area contributed by atoms with Crippen LogP contribution in [0.2, 0.25) is 0 Å². The lowest BCUT2D eigenvalue weighted by molar-refractivity contribution is -0.138. The van der Waals surface area contributed by atoms with Gasteiger partial charge < -0.3 is 9.52 Å². The van der Waals surface area contributed by atoms with Crippen molar-refractivity contribution in [3.8, 4) is 0 Å². The molecule has 1 N–H and O–H groups in total. The molecule has 0 aliphatic rings. The Morgan fingerprint density at radius 2 is 2.29 bits per heavy atom. The van der Waals surface area contributed by atoms with E-state index in [0.717, 1.165) is 6.26 Å². The highest BCUT2D eigenvalue weighted by atomic mass is 19.3. The molecule has 0 aliphatic carbocycles. The Morgan fingerprint density at radius 1 is 1.71 bits per heavy atom. The van der Waals surface area contributed by atoms with Crippen molar-refractivity contribution in [3.05, 3.63) is 17.8 Å². The molecule has 0 radical (unpaired) electrons. The van der Waals surface area contributed by atoms with Gasteiger partial charge in [-0.25, -0.2) is 4.98 Å². The van der Waals surface area contributed by atoms with Crippen LogP contribution in [0.25, 0.3) is 0 Å². The van der Waals surface area contributed by atoms with E-state index in [4.69, 9.17) is 5.11 Å². The van der Waals surface area contributed by atoms with E-state index >= 15 is 0 Å². The third-order valence-corrected chi connectivity index (χ3v) is 1.71. The Bertz CT molecular complexity index is 343. The van der Waals surface area contributed by atoms with Crippen LogP contribution in [0, 0.1) is 0 Å². The van der Waals surface area contributed by atoms with Gasteiger partial charge in [-0.2, -0.15) is 8.78 Å². The van der Waals surface area contributed by atoms with Gasteiger partial charge >= 0.3 is 11.9 Å². The summed E-state index contributed by atoms with van der Waals surface area (Å²) in [6.07, 6.45) is 0.936. The number of hydrogen-bond acceptors (Lipinski definition) is 3. The normalized spacial score (nSPS) is 14.0. The minimum atomic E-state index is -3.18. The average molecular weight is 205 g/mol. The summed E-state index contributed by atoms with van der Waals surface area (Å²) in [6, 6.07) is 0. The molecule has 1 atom stereocenters. The maximum Gasteiger partial charge on any atom is 0.319 e. The van der Waals surface area contributed by atoms with Crippen LogP contribution in [0.4, 0.5) is 8.78 Å². The van der Waals surface area contributed by atoms with Gasteiger partial charge in [-0.1, -0.05) is 0 Å². The lowest BCUT2D eigenvalue weighted by Crippen LogP contribution is -2.10. The van der Waals surface area contributed by atoms with Crippen LogP contribution in [0.1, 0.15) is 31.4 Å². The van der Waals surface area contributed by atoms with Crippen molar-refractivity contribution < 1.29 is 23.1 Å². The molecule has 4 nitrogen and oxygen atoms in total. The number of nitrogens with zero attached hydrogens (tertiary/aromatic N) is 1. The molecule has 0 fully saturated rings. The van der Waals surface area contributed by atoms with Crippen molar-refractivity contribution in [1.29, 1.82) is 0 Å². The van der Waals surface area contributed by atoms with Crippen LogP contribution in [-0.2, 0) is 10.7 Å². The molecule has 1 aromatic heterocycles. The van der Waals surface area contributed by atoms with Gasteiger partial charge in [-0.05, 0) is 6.92 Å². The highest BCUT2D eigenvalue weighted by molar-refractivity contribution is 5.74. The van der Waals surface area contributed by atoms with Crippen LogP contribution in [0.15, 0.2) is 10.7 Å². The molecule has 1 heterocycles. The molecule has 0 amide bonds. The van der Waals surface area contributed by atoms with Crippen LogP contribution >= 0.6 is 0 Å². The van der Waals surface area contributed by atoms with Crippen molar-refractivity contribution in [1.82, 2.24) is 4.98 Å². The number of carboxylic acid groups (broad SMARTS) is 1. The maximum atomic E-state index is 12.6. The first-order chi connectivity index (χ1) is 6.32. The molecule has 0 spiro atoms. The zero-order valence-electron chi connectivity index (χ0n) is 7.62. The Morgan fingerprint density at radius 3 is 2.64 bits per heavy atom. The standard InChI is InChI=1S/C8H9F2NO3/c1-4(6(12)13)5-3-14-7(11-5)8(2,9)10/h3-4H,1-2H3,(H,12,13).